The zero-order valence-electron chi connectivity index (χ0n) is 45.4. The maximum Gasteiger partial charge on any atom is 0.124 e. The summed E-state index contributed by atoms with van der Waals surface area (Å²) in [5.74, 6) is 0. The number of nitrogens with zero attached hydrogens (tertiary/aromatic N) is 3. The van der Waals surface area contributed by atoms with Crippen LogP contribution in [0.3, 0.4) is 0 Å². The third kappa shape index (κ3) is 9.26. The number of rotatable bonds is 7. The number of anilines is 6. The fourth-order valence-electron chi connectivity index (χ4n) is 11.0. The molecule has 0 N–H and O–H groups in total. The summed E-state index contributed by atoms with van der Waals surface area (Å²) in [4.78, 5) is 10.2. The fourth-order valence-corrected chi connectivity index (χ4v) is 12.3. The summed E-state index contributed by atoms with van der Waals surface area (Å²) in [5, 5.41) is 1.72. The number of aromatic nitrogens is 1. The van der Waals surface area contributed by atoms with Gasteiger partial charge >= 0.3 is 0 Å². The molecule has 6 aromatic carbocycles. The molecule has 0 radical (unpaired) electrons. The Bertz CT molecular complexity index is 3030. The van der Waals surface area contributed by atoms with E-state index in [0.717, 1.165) is 67.8 Å². The molecule has 1 heterocycles. The Hall–Kier alpha value is -4.90. The van der Waals surface area contributed by atoms with Crippen molar-refractivity contribution >= 4 is 67.3 Å². The maximum atomic E-state index is 8.26. The summed E-state index contributed by atoms with van der Waals surface area (Å²) in [6, 6.07) is 44.1. The van der Waals surface area contributed by atoms with E-state index >= 15 is 0 Å². The highest BCUT2D eigenvalue weighted by molar-refractivity contribution is 7.21. The number of fused-ring (bicyclic) bond motifs is 3. The quantitative estimate of drug-likeness (QED) is 0.159. The van der Waals surface area contributed by atoms with Crippen LogP contribution in [0.25, 0.3) is 20.8 Å². The van der Waals surface area contributed by atoms with Crippen LogP contribution in [0, 0.1) is 0 Å². The molecule has 0 unspecified atom stereocenters. The first-order valence-electron chi connectivity index (χ1n) is 25.8. The van der Waals surface area contributed by atoms with E-state index in [1.165, 1.54) is 51.8 Å². The largest absolute Gasteiger partial charge is 0.309 e. The van der Waals surface area contributed by atoms with Crippen molar-refractivity contribution in [3.63, 3.8) is 0 Å². The molecule has 2 aliphatic carbocycles. The summed E-state index contributed by atoms with van der Waals surface area (Å²) >= 11 is 10.0. The van der Waals surface area contributed by atoms with E-state index in [0.29, 0.717) is 5.02 Å². The van der Waals surface area contributed by atoms with Crippen LogP contribution in [0.4, 0.5) is 34.1 Å². The summed E-state index contributed by atoms with van der Waals surface area (Å²) in [7, 11) is 0. The van der Waals surface area contributed by atoms with Crippen LogP contribution in [0.1, 0.15) is 182 Å². The normalized spacial score (nSPS) is 17.2. The first-order valence-corrected chi connectivity index (χ1v) is 27.0. The van der Waals surface area contributed by atoms with Gasteiger partial charge in [0, 0.05) is 28.3 Å². The van der Waals surface area contributed by atoms with E-state index < -0.39 is 0 Å². The van der Waals surface area contributed by atoms with Crippen molar-refractivity contribution in [2.24, 2.45) is 0 Å². The van der Waals surface area contributed by atoms with Crippen LogP contribution in [0.2, 0.25) is 5.02 Å². The first-order chi connectivity index (χ1) is 32.4. The van der Waals surface area contributed by atoms with Crippen molar-refractivity contribution < 1.29 is 0 Å². The molecule has 0 atom stereocenters. The SMILES string of the molecule is CC(C)(C)c1ccc(-c2nc3cc(N(c4ccc(C(C)(C)C)cc4)c4cc(C(C)(C)C)cc(N(c5ccc6c(c5)C(C)(C)CCC6(C)C)c5ccc6c(c5)C(C)(C)CCC6(C)C)c4Cl)ccc3s2)cc1. The summed E-state index contributed by atoms with van der Waals surface area (Å²) in [6.45, 7) is 40.0. The second kappa shape index (κ2) is 17.1. The zero-order chi connectivity index (χ0) is 50.7. The molecule has 70 heavy (non-hydrogen) atoms. The second-order valence-electron chi connectivity index (χ2n) is 26.5. The minimum absolute atomic E-state index is 0.000863. The predicted octanol–water partition coefficient (Wildman–Crippen LogP) is 20.1. The second-order valence-corrected chi connectivity index (χ2v) is 27.9. The molecule has 0 amide bonds. The molecule has 7 aromatic rings. The van der Waals surface area contributed by atoms with E-state index in [1.54, 1.807) is 11.3 Å². The molecule has 366 valence electrons. The van der Waals surface area contributed by atoms with E-state index in [9.17, 15) is 0 Å². The molecule has 0 saturated heterocycles. The van der Waals surface area contributed by atoms with Gasteiger partial charge in [0.05, 0.1) is 26.6 Å². The Morgan fingerprint density at radius 2 is 0.800 bits per heavy atom. The smallest absolute Gasteiger partial charge is 0.124 e. The lowest BCUT2D eigenvalue weighted by Crippen LogP contribution is -2.34. The lowest BCUT2D eigenvalue weighted by molar-refractivity contribution is 0.332. The van der Waals surface area contributed by atoms with Crippen molar-refractivity contribution in [1.29, 1.82) is 0 Å². The van der Waals surface area contributed by atoms with Gasteiger partial charge in [-0.25, -0.2) is 4.98 Å². The molecule has 9 rings (SSSR count). The number of thiazole rings is 1. The van der Waals surface area contributed by atoms with Crippen molar-refractivity contribution in [1.82, 2.24) is 4.98 Å². The molecule has 0 aliphatic heterocycles. The number of halogens is 1. The summed E-state index contributed by atoms with van der Waals surface area (Å²) < 4.78 is 1.15. The molecular weight excluding hydrogens is 890 g/mol. The molecule has 5 heteroatoms. The highest BCUT2D eigenvalue weighted by Gasteiger charge is 2.40. The van der Waals surface area contributed by atoms with Crippen LogP contribution in [0.15, 0.2) is 115 Å². The van der Waals surface area contributed by atoms with Gasteiger partial charge in [0.1, 0.15) is 5.01 Å². The fraction of sp³-hybridized carbons (Fsp3) is 0.431. The average Bonchev–Trinajstić information content (AvgIpc) is 3.71. The Morgan fingerprint density at radius 3 is 1.24 bits per heavy atom. The van der Waals surface area contributed by atoms with Crippen molar-refractivity contribution in [3.05, 3.63) is 159 Å². The molecular formula is C65H78ClN3S. The Labute approximate surface area is 430 Å². The van der Waals surface area contributed by atoms with Crippen LogP contribution < -0.4 is 9.80 Å². The van der Waals surface area contributed by atoms with Gasteiger partial charge in [-0.3, -0.25) is 0 Å². The van der Waals surface area contributed by atoms with E-state index in [-0.39, 0.29) is 37.9 Å². The molecule has 3 nitrogen and oxygen atoms in total. The third-order valence-electron chi connectivity index (χ3n) is 16.2. The van der Waals surface area contributed by atoms with Gasteiger partial charge in [0.15, 0.2) is 0 Å². The highest BCUT2D eigenvalue weighted by Crippen LogP contribution is 2.54. The highest BCUT2D eigenvalue weighted by atomic mass is 35.5. The molecule has 0 bridgehead atoms. The lowest BCUT2D eigenvalue weighted by atomic mass is 9.63. The summed E-state index contributed by atoms with van der Waals surface area (Å²) in [6.07, 6.45) is 4.61. The van der Waals surface area contributed by atoms with Gasteiger partial charge in [-0.05, 0) is 169 Å². The van der Waals surface area contributed by atoms with Crippen molar-refractivity contribution in [2.45, 2.75) is 181 Å². The van der Waals surface area contributed by atoms with Crippen LogP contribution >= 0.6 is 22.9 Å². The third-order valence-corrected chi connectivity index (χ3v) is 17.7. The number of hydrogen-bond donors (Lipinski definition) is 0. The molecule has 0 fully saturated rings. The first kappa shape index (κ1) is 50.1. The molecule has 1 aromatic heterocycles. The monoisotopic (exact) mass is 968 g/mol. The van der Waals surface area contributed by atoms with Crippen LogP contribution in [0.5, 0.6) is 0 Å². The van der Waals surface area contributed by atoms with Crippen LogP contribution in [-0.4, -0.2) is 4.98 Å². The number of hydrogen-bond acceptors (Lipinski definition) is 4. The average molecular weight is 969 g/mol. The molecule has 2 aliphatic rings. The van der Waals surface area contributed by atoms with Crippen molar-refractivity contribution in [2.75, 3.05) is 9.80 Å². The topological polar surface area (TPSA) is 19.4 Å². The van der Waals surface area contributed by atoms with E-state index in [4.69, 9.17) is 16.6 Å². The van der Waals surface area contributed by atoms with Gasteiger partial charge in [-0.15, -0.1) is 11.3 Å². The van der Waals surface area contributed by atoms with Crippen LogP contribution in [-0.2, 0) is 37.9 Å². The molecule has 0 spiro atoms. The maximum absolute atomic E-state index is 8.26. The summed E-state index contributed by atoms with van der Waals surface area (Å²) in [5.41, 5.74) is 18.0. The van der Waals surface area contributed by atoms with Gasteiger partial charge in [0.25, 0.3) is 0 Å². The minimum Gasteiger partial charge on any atom is -0.309 e. The predicted molar refractivity (Wildman–Crippen MR) is 306 cm³/mol. The van der Waals surface area contributed by atoms with Gasteiger partial charge in [-0.1, -0.05) is 178 Å². The molecule has 0 saturated carbocycles. The van der Waals surface area contributed by atoms with Gasteiger partial charge in [0.2, 0.25) is 0 Å². The van der Waals surface area contributed by atoms with Crippen molar-refractivity contribution in [3.8, 4) is 10.6 Å². The van der Waals surface area contributed by atoms with E-state index in [1.807, 2.05) is 0 Å². The standard InChI is InChI=1S/C65H78ClN3S/c1-59(2,3)42-20-18-41(19-21-42)58-67-53-40-48(28-31-56(53)70-58)68(45-24-22-43(23-25-45)60(4,5)6)54-36-44(61(7,8)9)37-55(57(54)66)69(46-26-29-49-51(38-46)64(14,15)34-32-62(49,10)11)47-27-30-50-52(39-47)65(16,17)35-33-63(50,12)13/h18-31,36-40H,32-35H2,1-17H3. The minimum atomic E-state index is -0.207. The Morgan fingerprint density at radius 1 is 0.429 bits per heavy atom. The Kier molecular flexibility index (Phi) is 12.2. The van der Waals surface area contributed by atoms with Gasteiger partial charge in [-0.2, -0.15) is 0 Å². The number of benzene rings is 6. The zero-order valence-corrected chi connectivity index (χ0v) is 47.0. The Balaban J connectivity index is 1.30. The van der Waals surface area contributed by atoms with E-state index in [2.05, 4.69) is 243 Å². The lowest BCUT2D eigenvalue weighted by Gasteiger charge is -2.43. The van der Waals surface area contributed by atoms with Gasteiger partial charge < -0.3 is 9.80 Å².